The first-order valence-electron chi connectivity index (χ1n) is 9.42. The van der Waals surface area contributed by atoms with Crippen molar-refractivity contribution in [2.45, 2.75) is 31.5 Å². The van der Waals surface area contributed by atoms with Gasteiger partial charge in [-0.15, -0.1) is 0 Å². The van der Waals surface area contributed by atoms with Crippen molar-refractivity contribution in [1.82, 2.24) is 9.97 Å². The molecule has 0 fully saturated rings. The number of aromatic nitrogens is 2. The van der Waals surface area contributed by atoms with Crippen LogP contribution in [-0.4, -0.2) is 28.2 Å². The molecular formula is C22H19F3N4OS. The van der Waals surface area contributed by atoms with E-state index in [-0.39, 0.29) is 35.2 Å². The number of aryl methyl sites for hydroxylation is 2. The van der Waals surface area contributed by atoms with Crippen LogP contribution in [0.5, 0.6) is 0 Å². The minimum absolute atomic E-state index is 0.0894. The van der Waals surface area contributed by atoms with Gasteiger partial charge in [0.15, 0.2) is 0 Å². The van der Waals surface area contributed by atoms with E-state index in [0.717, 1.165) is 22.9 Å². The van der Waals surface area contributed by atoms with Gasteiger partial charge in [-0.3, -0.25) is 4.79 Å². The Morgan fingerprint density at radius 1 is 1.13 bits per heavy atom. The number of para-hydroxylation sites is 1. The summed E-state index contributed by atoms with van der Waals surface area (Å²) in [5.74, 6) is -1.69. The summed E-state index contributed by atoms with van der Waals surface area (Å²) in [7, 11) is 0. The molecule has 0 bridgehead atoms. The lowest BCUT2D eigenvalue weighted by atomic mass is 10.1. The molecule has 0 atom stereocenters. The second-order valence-corrected chi connectivity index (χ2v) is 7.84. The molecule has 2 aromatic carbocycles. The number of carbonyl (C=O) groups is 1. The Labute approximate surface area is 181 Å². The highest BCUT2D eigenvalue weighted by atomic mass is 32.2. The molecule has 0 spiro atoms. The van der Waals surface area contributed by atoms with Gasteiger partial charge in [-0.2, -0.15) is 18.4 Å². The lowest BCUT2D eigenvalue weighted by Gasteiger charge is -2.22. The average molecular weight is 444 g/mol. The molecular weight excluding hydrogens is 425 g/mol. The molecule has 0 N–H and O–H groups in total. The number of benzene rings is 2. The van der Waals surface area contributed by atoms with E-state index in [9.17, 15) is 18.0 Å². The predicted molar refractivity (Wildman–Crippen MR) is 114 cm³/mol. The molecule has 0 aliphatic carbocycles. The molecule has 1 heterocycles. The summed E-state index contributed by atoms with van der Waals surface area (Å²) in [6, 6.07) is 13.9. The Morgan fingerprint density at radius 2 is 1.87 bits per heavy atom. The Kier molecular flexibility index (Phi) is 6.81. The number of hydrogen-bond acceptors (Lipinski definition) is 5. The highest BCUT2D eigenvalue weighted by Gasteiger charge is 2.35. The molecule has 0 saturated carbocycles. The molecule has 9 heteroatoms. The molecule has 0 radical (unpaired) electrons. The highest BCUT2D eigenvalue weighted by Crippen LogP contribution is 2.32. The number of carbonyl (C=O) groups excluding carboxylic acids is 1. The first-order chi connectivity index (χ1) is 14.7. The third kappa shape index (κ3) is 5.33. The van der Waals surface area contributed by atoms with E-state index >= 15 is 0 Å². The van der Waals surface area contributed by atoms with Crippen LogP contribution in [0.2, 0.25) is 0 Å². The molecule has 1 aromatic heterocycles. The zero-order valence-corrected chi connectivity index (χ0v) is 17.7. The summed E-state index contributed by atoms with van der Waals surface area (Å²) >= 11 is 0.927. The Balaban J connectivity index is 1.89. The molecule has 160 valence electrons. The van der Waals surface area contributed by atoms with Crippen LogP contribution in [0.1, 0.15) is 23.4 Å². The van der Waals surface area contributed by atoms with Crippen LogP contribution < -0.4 is 4.90 Å². The van der Waals surface area contributed by atoms with E-state index in [0.29, 0.717) is 11.1 Å². The van der Waals surface area contributed by atoms with E-state index in [1.807, 2.05) is 32.0 Å². The molecule has 0 aliphatic heterocycles. The maximum atomic E-state index is 13.2. The maximum Gasteiger partial charge on any atom is 0.451 e. The zero-order valence-electron chi connectivity index (χ0n) is 16.9. The summed E-state index contributed by atoms with van der Waals surface area (Å²) in [5, 5.41) is 9.50. The molecule has 0 saturated heterocycles. The number of hydrogen-bond donors (Lipinski definition) is 0. The number of anilines is 1. The summed E-state index contributed by atoms with van der Waals surface area (Å²) < 4.78 is 39.6. The van der Waals surface area contributed by atoms with Crippen LogP contribution in [0.15, 0.2) is 47.5 Å². The third-order valence-electron chi connectivity index (χ3n) is 4.70. The highest BCUT2D eigenvalue weighted by molar-refractivity contribution is 8.00. The van der Waals surface area contributed by atoms with Crippen molar-refractivity contribution in [3.63, 3.8) is 0 Å². The van der Waals surface area contributed by atoms with Crippen LogP contribution in [-0.2, 0) is 11.0 Å². The summed E-state index contributed by atoms with van der Waals surface area (Å²) in [4.78, 5) is 21.7. The lowest BCUT2D eigenvalue weighted by Crippen LogP contribution is -2.33. The molecule has 31 heavy (non-hydrogen) atoms. The van der Waals surface area contributed by atoms with E-state index in [1.54, 1.807) is 24.3 Å². The summed E-state index contributed by atoms with van der Waals surface area (Å²) in [5.41, 5.74) is 2.87. The minimum atomic E-state index is -4.69. The minimum Gasteiger partial charge on any atom is -0.311 e. The first kappa shape index (κ1) is 22.6. The van der Waals surface area contributed by atoms with Gasteiger partial charge in [0.1, 0.15) is 5.03 Å². The smallest absolute Gasteiger partial charge is 0.311 e. The largest absolute Gasteiger partial charge is 0.451 e. The van der Waals surface area contributed by atoms with Gasteiger partial charge >= 0.3 is 6.18 Å². The third-order valence-corrected chi connectivity index (χ3v) is 5.68. The number of alkyl halides is 3. The number of nitriles is 1. The SMILES string of the molecule is Cc1ccc(N(CCC#N)C(=O)CSc2nc(C(F)(F)F)nc3ccccc23)cc1C. The second kappa shape index (κ2) is 9.35. The van der Waals surface area contributed by atoms with Gasteiger partial charge in [-0.05, 0) is 43.2 Å². The fourth-order valence-electron chi connectivity index (χ4n) is 2.95. The monoisotopic (exact) mass is 444 g/mol. The molecule has 3 aromatic rings. The van der Waals surface area contributed by atoms with Crippen LogP contribution in [0.25, 0.3) is 10.9 Å². The van der Waals surface area contributed by atoms with E-state index in [1.165, 1.54) is 11.0 Å². The normalized spacial score (nSPS) is 11.4. The summed E-state index contributed by atoms with van der Waals surface area (Å²) in [6.07, 6.45) is -4.56. The molecule has 3 rings (SSSR count). The fourth-order valence-corrected chi connectivity index (χ4v) is 3.84. The van der Waals surface area contributed by atoms with E-state index in [4.69, 9.17) is 5.26 Å². The Hall–Kier alpha value is -3.12. The number of nitrogens with zero attached hydrogens (tertiary/aromatic N) is 4. The van der Waals surface area contributed by atoms with Gasteiger partial charge in [0, 0.05) is 17.6 Å². The maximum absolute atomic E-state index is 13.2. The van der Waals surface area contributed by atoms with Crippen LogP contribution >= 0.6 is 11.8 Å². The van der Waals surface area contributed by atoms with Gasteiger partial charge in [-0.1, -0.05) is 36.0 Å². The van der Waals surface area contributed by atoms with Gasteiger partial charge in [0.25, 0.3) is 0 Å². The van der Waals surface area contributed by atoms with Crippen LogP contribution in [0, 0.1) is 25.2 Å². The lowest BCUT2D eigenvalue weighted by molar-refractivity contribution is -0.145. The van der Waals surface area contributed by atoms with Gasteiger partial charge in [0.2, 0.25) is 11.7 Å². The zero-order chi connectivity index (χ0) is 22.6. The average Bonchev–Trinajstić information content (AvgIpc) is 2.73. The van der Waals surface area contributed by atoms with Gasteiger partial charge in [-0.25, -0.2) is 9.97 Å². The number of amides is 1. The molecule has 1 amide bonds. The first-order valence-corrected chi connectivity index (χ1v) is 10.4. The quantitative estimate of drug-likeness (QED) is 0.381. The van der Waals surface area contributed by atoms with Crippen molar-refractivity contribution in [3.8, 4) is 6.07 Å². The Morgan fingerprint density at radius 3 is 2.55 bits per heavy atom. The van der Waals surface area contributed by atoms with Crippen molar-refractivity contribution >= 4 is 34.3 Å². The van der Waals surface area contributed by atoms with Gasteiger partial charge < -0.3 is 4.90 Å². The van der Waals surface area contributed by atoms with Crippen molar-refractivity contribution in [2.24, 2.45) is 0 Å². The Bertz CT molecular complexity index is 1160. The van der Waals surface area contributed by atoms with Crippen molar-refractivity contribution < 1.29 is 18.0 Å². The standard InChI is InChI=1S/C22H19F3N4OS/c1-14-8-9-16(12-15(14)2)29(11-5-10-26)19(30)13-31-20-17-6-3-4-7-18(17)27-21(28-20)22(23,24)25/h3-4,6-9,12H,5,11,13H2,1-2H3. The van der Waals surface area contributed by atoms with Gasteiger partial charge in [0.05, 0.1) is 23.8 Å². The fraction of sp³-hybridized carbons (Fsp3) is 0.273. The van der Waals surface area contributed by atoms with Crippen LogP contribution in [0.4, 0.5) is 18.9 Å². The topological polar surface area (TPSA) is 69.9 Å². The van der Waals surface area contributed by atoms with E-state index < -0.39 is 12.0 Å². The predicted octanol–water partition coefficient (Wildman–Crippen LogP) is 5.30. The molecule has 0 aliphatic rings. The van der Waals surface area contributed by atoms with Crippen LogP contribution in [0.3, 0.4) is 0 Å². The number of fused-ring (bicyclic) bond motifs is 1. The van der Waals surface area contributed by atoms with Crippen molar-refractivity contribution in [2.75, 3.05) is 17.2 Å². The van der Waals surface area contributed by atoms with Crippen molar-refractivity contribution in [1.29, 1.82) is 5.26 Å². The number of halogens is 3. The molecule has 5 nitrogen and oxygen atoms in total. The van der Waals surface area contributed by atoms with E-state index in [2.05, 4.69) is 9.97 Å². The number of rotatable bonds is 6. The number of thioether (sulfide) groups is 1. The van der Waals surface area contributed by atoms with Crippen molar-refractivity contribution in [3.05, 3.63) is 59.4 Å². The molecule has 0 unspecified atom stereocenters. The summed E-state index contributed by atoms with van der Waals surface area (Å²) in [6.45, 7) is 4.07. The second-order valence-electron chi connectivity index (χ2n) is 6.88.